The van der Waals surface area contributed by atoms with Crippen LogP contribution in [0.3, 0.4) is 0 Å². The summed E-state index contributed by atoms with van der Waals surface area (Å²) in [4.78, 5) is 13.4. The summed E-state index contributed by atoms with van der Waals surface area (Å²) in [7, 11) is 1.49. The first-order valence-corrected chi connectivity index (χ1v) is 6.60. The summed E-state index contributed by atoms with van der Waals surface area (Å²) in [6.07, 6.45) is 2.81. The molecule has 0 aliphatic rings. The molecule has 0 saturated heterocycles. The van der Waals surface area contributed by atoms with Crippen molar-refractivity contribution in [3.63, 3.8) is 0 Å². The molecule has 0 radical (unpaired) electrons. The molecule has 0 unspecified atom stereocenters. The number of aryl methyl sites for hydroxylation is 1. The Morgan fingerprint density at radius 2 is 2.24 bits per heavy atom. The van der Waals surface area contributed by atoms with Crippen molar-refractivity contribution in [2.75, 3.05) is 7.05 Å². The average Bonchev–Trinajstić information content (AvgIpc) is 3.05. The molecular formula is C12H14ClF2N5O. The molecule has 0 atom stereocenters. The summed E-state index contributed by atoms with van der Waals surface area (Å²) in [6.45, 7) is -0.187. The molecule has 0 spiro atoms. The maximum atomic E-state index is 12.7. The van der Waals surface area contributed by atoms with Crippen LogP contribution in [0, 0.1) is 0 Å². The molecule has 0 aliphatic heterocycles. The van der Waals surface area contributed by atoms with Crippen LogP contribution < -0.4 is 0 Å². The molecule has 2 rings (SSSR count). The monoisotopic (exact) mass is 317 g/mol. The van der Waals surface area contributed by atoms with Crippen LogP contribution in [-0.2, 0) is 13.1 Å². The van der Waals surface area contributed by atoms with Gasteiger partial charge < -0.3 is 4.90 Å². The van der Waals surface area contributed by atoms with E-state index in [-0.39, 0.29) is 12.2 Å². The van der Waals surface area contributed by atoms with Gasteiger partial charge in [0.15, 0.2) is 0 Å². The van der Waals surface area contributed by atoms with Crippen LogP contribution in [0.1, 0.15) is 29.7 Å². The largest absolute Gasteiger partial charge is 0.334 e. The van der Waals surface area contributed by atoms with Gasteiger partial charge in [-0.05, 0) is 13.0 Å². The Morgan fingerprint density at radius 1 is 1.52 bits per heavy atom. The van der Waals surface area contributed by atoms with Crippen molar-refractivity contribution in [1.29, 1.82) is 0 Å². The van der Waals surface area contributed by atoms with E-state index in [9.17, 15) is 13.6 Å². The van der Waals surface area contributed by atoms with Crippen molar-refractivity contribution in [2.45, 2.75) is 26.6 Å². The van der Waals surface area contributed by atoms with E-state index in [1.165, 1.54) is 18.0 Å². The van der Waals surface area contributed by atoms with Gasteiger partial charge in [-0.3, -0.25) is 9.48 Å². The second-order valence-electron chi connectivity index (χ2n) is 4.38. The van der Waals surface area contributed by atoms with Gasteiger partial charge in [-0.2, -0.15) is 23.7 Å². The summed E-state index contributed by atoms with van der Waals surface area (Å²) in [5.41, 5.74) is 0.330. The first-order chi connectivity index (χ1) is 9.93. The van der Waals surface area contributed by atoms with Gasteiger partial charge in [0.25, 0.3) is 5.91 Å². The molecule has 21 heavy (non-hydrogen) atoms. The fraction of sp³-hybridized carbons (Fsp3) is 0.417. The molecule has 114 valence electrons. The number of carbonyl (C=O) groups is 1. The van der Waals surface area contributed by atoms with E-state index in [0.29, 0.717) is 21.9 Å². The molecule has 9 heteroatoms. The van der Waals surface area contributed by atoms with Gasteiger partial charge >= 0.3 is 6.55 Å². The van der Waals surface area contributed by atoms with E-state index in [1.807, 2.05) is 6.92 Å². The summed E-state index contributed by atoms with van der Waals surface area (Å²) in [5.74, 6) is -0.574. The Kier molecular flexibility index (Phi) is 4.56. The third-order valence-corrected chi connectivity index (χ3v) is 3.23. The highest BCUT2D eigenvalue weighted by molar-refractivity contribution is 6.31. The number of hydrogen-bond donors (Lipinski definition) is 0. The quantitative estimate of drug-likeness (QED) is 0.851. The Bertz CT molecular complexity index is 639. The van der Waals surface area contributed by atoms with E-state index in [0.717, 1.165) is 6.20 Å². The van der Waals surface area contributed by atoms with E-state index in [4.69, 9.17) is 11.6 Å². The smallest absolute Gasteiger partial charge is 0.333 e. The lowest BCUT2D eigenvalue weighted by molar-refractivity contribution is 0.0472. The first kappa shape index (κ1) is 15.4. The summed E-state index contributed by atoms with van der Waals surface area (Å²) in [5, 5.41) is 8.07. The second kappa shape index (κ2) is 6.21. The van der Waals surface area contributed by atoms with E-state index >= 15 is 0 Å². The second-order valence-corrected chi connectivity index (χ2v) is 4.79. The van der Waals surface area contributed by atoms with E-state index in [1.54, 1.807) is 10.9 Å². The Labute approximate surface area is 124 Å². The van der Waals surface area contributed by atoms with Crippen LogP contribution in [0.2, 0.25) is 5.02 Å². The molecule has 6 nitrogen and oxygen atoms in total. The van der Waals surface area contributed by atoms with Crippen LogP contribution in [0.4, 0.5) is 8.78 Å². The van der Waals surface area contributed by atoms with Crippen LogP contribution in [0.5, 0.6) is 0 Å². The Morgan fingerprint density at radius 3 is 2.81 bits per heavy atom. The van der Waals surface area contributed by atoms with Crippen LogP contribution in [-0.4, -0.2) is 37.4 Å². The molecular weight excluding hydrogens is 304 g/mol. The maximum Gasteiger partial charge on any atom is 0.333 e. The molecule has 0 aromatic carbocycles. The van der Waals surface area contributed by atoms with Gasteiger partial charge in [0.2, 0.25) is 0 Å². The predicted molar refractivity (Wildman–Crippen MR) is 72.2 cm³/mol. The zero-order chi connectivity index (χ0) is 15.6. The van der Waals surface area contributed by atoms with Gasteiger partial charge in [-0.1, -0.05) is 11.6 Å². The van der Waals surface area contributed by atoms with Gasteiger partial charge in [0, 0.05) is 26.0 Å². The average molecular weight is 318 g/mol. The highest BCUT2D eigenvalue weighted by atomic mass is 35.5. The minimum absolute atomic E-state index is 0.124. The number of halogens is 3. The van der Waals surface area contributed by atoms with Gasteiger partial charge in [0.05, 0.1) is 11.6 Å². The van der Waals surface area contributed by atoms with Crippen molar-refractivity contribution in [3.05, 3.63) is 34.9 Å². The molecule has 2 heterocycles. The van der Waals surface area contributed by atoms with Gasteiger partial charge in [-0.25, -0.2) is 0 Å². The third kappa shape index (κ3) is 3.21. The summed E-state index contributed by atoms with van der Waals surface area (Å²) in [6, 6.07) is 1.25. The molecule has 0 saturated carbocycles. The standard InChI is InChI=1S/C12H14ClF2N5O/c1-3-19-6-8(13)9(17-19)7-18(2)11(21)10-4-5-16-20(10)12(14)15/h4-6,12H,3,7H2,1-2H3. The number of nitrogens with zero attached hydrogens (tertiary/aromatic N) is 5. The number of amides is 1. The highest BCUT2D eigenvalue weighted by Crippen LogP contribution is 2.18. The fourth-order valence-corrected chi connectivity index (χ4v) is 2.05. The molecule has 2 aromatic heterocycles. The van der Waals surface area contributed by atoms with Crippen LogP contribution >= 0.6 is 11.6 Å². The number of aromatic nitrogens is 4. The van der Waals surface area contributed by atoms with Crippen molar-refractivity contribution in [3.8, 4) is 0 Å². The molecule has 0 fully saturated rings. The lowest BCUT2D eigenvalue weighted by atomic mass is 10.3. The zero-order valence-corrected chi connectivity index (χ0v) is 12.3. The first-order valence-electron chi connectivity index (χ1n) is 6.23. The minimum Gasteiger partial charge on any atom is -0.334 e. The number of hydrogen-bond acceptors (Lipinski definition) is 3. The number of carbonyl (C=O) groups excluding carboxylic acids is 1. The zero-order valence-electron chi connectivity index (χ0n) is 11.5. The van der Waals surface area contributed by atoms with E-state index in [2.05, 4.69) is 10.2 Å². The third-order valence-electron chi connectivity index (χ3n) is 2.92. The molecule has 1 amide bonds. The lowest BCUT2D eigenvalue weighted by Crippen LogP contribution is -2.29. The normalized spacial score (nSPS) is 11.1. The Balaban J connectivity index is 2.15. The van der Waals surface area contributed by atoms with E-state index < -0.39 is 12.5 Å². The van der Waals surface area contributed by atoms with Crippen molar-refractivity contribution < 1.29 is 13.6 Å². The SMILES string of the molecule is CCn1cc(Cl)c(CN(C)C(=O)c2ccnn2C(F)F)n1. The van der Waals surface area contributed by atoms with Gasteiger partial charge in [0.1, 0.15) is 11.4 Å². The minimum atomic E-state index is -2.87. The molecule has 2 aromatic rings. The molecule has 0 aliphatic carbocycles. The van der Waals surface area contributed by atoms with Crippen molar-refractivity contribution in [2.24, 2.45) is 0 Å². The summed E-state index contributed by atoms with van der Waals surface area (Å²) < 4.78 is 27.5. The fourth-order valence-electron chi connectivity index (χ4n) is 1.84. The summed E-state index contributed by atoms with van der Waals surface area (Å²) >= 11 is 6.02. The number of alkyl halides is 2. The van der Waals surface area contributed by atoms with Crippen molar-refractivity contribution in [1.82, 2.24) is 24.5 Å². The lowest BCUT2D eigenvalue weighted by Gasteiger charge is -2.16. The van der Waals surface area contributed by atoms with Crippen molar-refractivity contribution >= 4 is 17.5 Å². The Hall–Kier alpha value is -1.96. The highest BCUT2D eigenvalue weighted by Gasteiger charge is 2.22. The number of rotatable bonds is 5. The van der Waals surface area contributed by atoms with Gasteiger partial charge in [-0.15, -0.1) is 0 Å². The topological polar surface area (TPSA) is 56.0 Å². The van der Waals surface area contributed by atoms with Crippen LogP contribution in [0.25, 0.3) is 0 Å². The maximum absolute atomic E-state index is 12.7. The molecule has 0 N–H and O–H groups in total. The molecule has 0 bridgehead atoms. The van der Waals surface area contributed by atoms with Crippen LogP contribution in [0.15, 0.2) is 18.5 Å². The predicted octanol–water partition coefficient (Wildman–Crippen LogP) is 2.42.